The highest BCUT2D eigenvalue weighted by molar-refractivity contribution is 6.99. The van der Waals surface area contributed by atoms with Gasteiger partial charge in [-0.3, -0.25) is 8.97 Å². The quantitative estimate of drug-likeness (QED) is 0.209. The summed E-state index contributed by atoms with van der Waals surface area (Å²) in [6.07, 6.45) is 0. The van der Waals surface area contributed by atoms with Crippen LogP contribution in [-0.4, -0.2) is 20.7 Å². The molecule has 4 heterocycles. The molecule has 2 aliphatic rings. The number of aromatic nitrogens is 3. The monoisotopic (exact) mass is 564 g/mol. The maximum atomic E-state index is 6.98. The third-order valence-corrected chi connectivity index (χ3v) is 9.22. The first kappa shape index (κ1) is 23.8. The predicted octanol–water partition coefficient (Wildman–Crippen LogP) is 7.14. The lowest BCUT2D eigenvalue weighted by molar-refractivity contribution is 0.485. The fraction of sp³-hybridized carbons (Fsp3) is 0.0263. The minimum absolute atomic E-state index is 0.0281. The number of nitrogens with zero attached hydrogens (tertiary/aromatic N) is 4. The number of benzene rings is 6. The predicted molar refractivity (Wildman–Crippen MR) is 180 cm³/mol. The molecule has 2 aliphatic heterocycles. The lowest BCUT2D eigenvalue weighted by atomic mass is 9.34. The van der Waals surface area contributed by atoms with E-state index in [9.17, 15) is 0 Å². The molecule has 0 unspecified atom stereocenters. The molecular weight excluding hydrogens is 539 g/mol. The Labute approximate surface area is 254 Å². The van der Waals surface area contributed by atoms with Crippen LogP contribution in [0.4, 0.5) is 17.1 Å². The summed E-state index contributed by atoms with van der Waals surface area (Å²) in [6.45, 7) is 2.16. The van der Waals surface area contributed by atoms with Crippen LogP contribution in [0.5, 0.6) is 11.5 Å². The van der Waals surface area contributed by atoms with Crippen LogP contribution in [0.15, 0.2) is 133 Å². The van der Waals surface area contributed by atoms with E-state index in [1.54, 1.807) is 0 Å². The molecule has 0 bridgehead atoms. The van der Waals surface area contributed by atoms with Crippen LogP contribution in [0.3, 0.4) is 0 Å². The van der Waals surface area contributed by atoms with E-state index in [0.29, 0.717) is 0 Å². The number of rotatable bonds is 2. The Balaban J connectivity index is 1.34. The first-order chi connectivity index (χ1) is 21.8. The zero-order valence-electron chi connectivity index (χ0n) is 24.0. The Hall–Kier alpha value is -5.75. The van der Waals surface area contributed by atoms with E-state index in [-0.39, 0.29) is 6.71 Å². The molecule has 0 spiro atoms. The molecule has 6 heteroatoms. The van der Waals surface area contributed by atoms with Crippen molar-refractivity contribution in [3.63, 3.8) is 0 Å². The highest BCUT2D eigenvalue weighted by atomic mass is 16.5. The molecule has 0 aliphatic carbocycles. The molecule has 0 saturated heterocycles. The molecule has 6 aromatic carbocycles. The van der Waals surface area contributed by atoms with Gasteiger partial charge in [0, 0.05) is 17.1 Å². The minimum atomic E-state index is 0.0281. The van der Waals surface area contributed by atoms with E-state index in [4.69, 9.17) is 9.72 Å². The number of hydrogen-bond donors (Lipinski definition) is 0. The third kappa shape index (κ3) is 3.06. The lowest BCUT2D eigenvalue weighted by Gasteiger charge is -2.40. The molecule has 10 rings (SSSR count). The number of hydrogen-bond acceptors (Lipinski definition) is 3. The standard InChI is InChI=1S/C38H25BN4O/c1-24-19-20-28-34(23-24)43-31-17-9-8-16-30(31)42(38(43)40-28)33-22-21-32-36-37(33)44-35-18-10-6-14-27(35)39(36)26-13-5-7-15-29(26)41(32)25-11-3-2-4-12-25/h2-23H,1H3. The second kappa shape index (κ2) is 8.65. The third-order valence-electron chi connectivity index (χ3n) is 9.22. The molecular formula is C38H25BN4O. The van der Waals surface area contributed by atoms with Crippen molar-refractivity contribution in [1.29, 1.82) is 0 Å². The van der Waals surface area contributed by atoms with E-state index < -0.39 is 0 Å². The number of para-hydroxylation sites is 5. The second-order valence-electron chi connectivity index (χ2n) is 11.7. The van der Waals surface area contributed by atoms with Gasteiger partial charge in [0.25, 0.3) is 6.71 Å². The molecule has 0 radical (unpaired) electrons. The Morgan fingerprint density at radius 1 is 0.614 bits per heavy atom. The first-order valence-corrected chi connectivity index (χ1v) is 15.0. The fourth-order valence-electron chi connectivity index (χ4n) is 7.40. The normalized spacial score (nSPS) is 13.2. The van der Waals surface area contributed by atoms with Gasteiger partial charge in [0.1, 0.15) is 11.5 Å². The van der Waals surface area contributed by atoms with Crippen LogP contribution in [-0.2, 0) is 0 Å². The van der Waals surface area contributed by atoms with Gasteiger partial charge in [-0.25, -0.2) is 4.98 Å². The van der Waals surface area contributed by atoms with Crippen molar-refractivity contribution < 1.29 is 4.74 Å². The van der Waals surface area contributed by atoms with Crippen molar-refractivity contribution in [3.8, 4) is 17.2 Å². The number of fused-ring (bicyclic) bond motifs is 9. The average molecular weight is 564 g/mol. The summed E-state index contributed by atoms with van der Waals surface area (Å²) in [5.41, 5.74) is 13.5. The van der Waals surface area contributed by atoms with Gasteiger partial charge in [-0.1, -0.05) is 72.8 Å². The summed E-state index contributed by atoms with van der Waals surface area (Å²) >= 11 is 0. The number of anilines is 3. The molecule has 0 fully saturated rings. The Morgan fingerprint density at radius 3 is 2.23 bits per heavy atom. The van der Waals surface area contributed by atoms with Gasteiger partial charge < -0.3 is 9.64 Å². The lowest BCUT2D eigenvalue weighted by Crippen LogP contribution is -2.59. The van der Waals surface area contributed by atoms with Gasteiger partial charge in [-0.2, -0.15) is 0 Å². The molecule has 0 saturated carbocycles. The molecule has 8 aromatic rings. The Kier molecular flexibility index (Phi) is 4.67. The van der Waals surface area contributed by atoms with Gasteiger partial charge in [0.05, 0.1) is 27.8 Å². The van der Waals surface area contributed by atoms with Crippen molar-refractivity contribution in [3.05, 3.63) is 139 Å². The van der Waals surface area contributed by atoms with Gasteiger partial charge in [0.2, 0.25) is 5.78 Å². The van der Waals surface area contributed by atoms with Crippen molar-refractivity contribution in [2.45, 2.75) is 6.92 Å². The van der Waals surface area contributed by atoms with Crippen molar-refractivity contribution >= 4 is 68.0 Å². The van der Waals surface area contributed by atoms with Crippen LogP contribution >= 0.6 is 0 Å². The molecule has 0 N–H and O–H groups in total. The van der Waals surface area contributed by atoms with Crippen molar-refractivity contribution in [2.75, 3.05) is 4.90 Å². The molecule has 0 amide bonds. The number of ether oxygens (including phenoxy) is 1. The van der Waals surface area contributed by atoms with E-state index >= 15 is 0 Å². The second-order valence-corrected chi connectivity index (χ2v) is 11.7. The van der Waals surface area contributed by atoms with Gasteiger partial charge in [-0.05, 0) is 89.5 Å². The molecule has 44 heavy (non-hydrogen) atoms. The largest absolute Gasteiger partial charge is 0.456 e. The molecule has 2 aromatic heterocycles. The first-order valence-electron chi connectivity index (χ1n) is 15.0. The highest BCUT2D eigenvalue weighted by Gasteiger charge is 2.43. The summed E-state index contributed by atoms with van der Waals surface area (Å²) < 4.78 is 11.5. The van der Waals surface area contributed by atoms with Crippen LogP contribution in [0, 0.1) is 6.92 Å². The zero-order chi connectivity index (χ0) is 28.9. The smallest absolute Gasteiger partial charge is 0.256 e. The summed E-state index contributed by atoms with van der Waals surface area (Å²) in [7, 11) is 0. The highest BCUT2D eigenvalue weighted by Crippen LogP contribution is 2.43. The topological polar surface area (TPSA) is 34.7 Å². The summed E-state index contributed by atoms with van der Waals surface area (Å²) in [5, 5.41) is 0. The molecule has 0 atom stereocenters. The van der Waals surface area contributed by atoms with E-state index in [0.717, 1.165) is 56.4 Å². The minimum Gasteiger partial charge on any atom is -0.456 e. The molecule has 206 valence electrons. The van der Waals surface area contributed by atoms with E-state index in [1.165, 1.54) is 27.6 Å². The molecule has 5 nitrogen and oxygen atoms in total. The van der Waals surface area contributed by atoms with Crippen LogP contribution in [0.25, 0.3) is 33.5 Å². The number of imidazole rings is 2. The summed E-state index contributed by atoms with van der Waals surface area (Å²) in [4.78, 5) is 7.57. The van der Waals surface area contributed by atoms with Crippen LogP contribution in [0.1, 0.15) is 5.56 Å². The summed E-state index contributed by atoms with van der Waals surface area (Å²) in [6, 6.07) is 47.4. The van der Waals surface area contributed by atoms with E-state index in [2.05, 4.69) is 154 Å². The van der Waals surface area contributed by atoms with Gasteiger partial charge >= 0.3 is 0 Å². The van der Waals surface area contributed by atoms with Gasteiger partial charge in [0.15, 0.2) is 0 Å². The van der Waals surface area contributed by atoms with E-state index in [1.807, 2.05) is 0 Å². The van der Waals surface area contributed by atoms with Crippen molar-refractivity contribution in [2.24, 2.45) is 0 Å². The average Bonchev–Trinajstić information content (AvgIpc) is 3.59. The maximum Gasteiger partial charge on any atom is 0.256 e. The van der Waals surface area contributed by atoms with Gasteiger partial charge in [-0.15, -0.1) is 0 Å². The number of aryl methyl sites for hydroxylation is 1. The maximum absolute atomic E-state index is 6.98. The fourth-order valence-corrected chi connectivity index (χ4v) is 7.40. The SMILES string of the molecule is Cc1ccc2nc3n(-c4ccc5c6c4Oc4ccccc4B6c4ccccc4N5c4ccccc4)c4ccccc4n3c2c1. The Bertz CT molecular complexity index is 2460. The van der Waals surface area contributed by atoms with Crippen molar-refractivity contribution in [1.82, 2.24) is 14.0 Å². The Morgan fingerprint density at radius 2 is 1.34 bits per heavy atom. The van der Waals surface area contributed by atoms with Crippen LogP contribution in [0.2, 0.25) is 0 Å². The van der Waals surface area contributed by atoms with Crippen LogP contribution < -0.4 is 26.0 Å². The summed E-state index contributed by atoms with van der Waals surface area (Å²) in [5.74, 6) is 2.63. The zero-order valence-corrected chi connectivity index (χ0v) is 24.0.